The van der Waals surface area contributed by atoms with Crippen molar-refractivity contribution in [2.45, 2.75) is 26.4 Å². The van der Waals surface area contributed by atoms with Gasteiger partial charge in [0.25, 0.3) is 0 Å². The summed E-state index contributed by atoms with van der Waals surface area (Å²) in [5, 5.41) is 12.8. The van der Waals surface area contributed by atoms with Crippen LogP contribution in [0.5, 0.6) is 5.75 Å². The molecule has 3 aromatic carbocycles. The van der Waals surface area contributed by atoms with Crippen molar-refractivity contribution in [3.8, 4) is 11.4 Å². The molecule has 6 nitrogen and oxygen atoms in total. The van der Waals surface area contributed by atoms with E-state index in [0.717, 1.165) is 34.0 Å². The number of rotatable bonds is 8. The van der Waals surface area contributed by atoms with Crippen LogP contribution in [0.4, 0.5) is 0 Å². The van der Waals surface area contributed by atoms with E-state index >= 15 is 0 Å². The van der Waals surface area contributed by atoms with E-state index < -0.39 is 0 Å². The van der Waals surface area contributed by atoms with Gasteiger partial charge in [-0.1, -0.05) is 66.7 Å². The van der Waals surface area contributed by atoms with Crippen molar-refractivity contribution in [2.75, 3.05) is 13.7 Å². The summed E-state index contributed by atoms with van der Waals surface area (Å²) in [6.45, 7) is 5.40. The lowest BCUT2D eigenvalue weighted by Gasteiger charge is -2.28. The Labute approximate surface area is 183 Å². The topological polar surface area (TPSA) is 56.1 Å². The zero-order chi connectivity index (χ0) is 21.6. The molecule has 1 heterocycles. The zero-order valence-corrected chi connectivity index (χ0v) is 18.1. The number of hydrogen-bond donors (Lipinski definition) is 0. The van der Waals surface area contributed by atoms with E-state index in [1.807, 2.05) is 66.2 Å². The van der Waals surface area contributed by atoms with Gasteiger partial charge >= 0.3 is 0 Å². The van der Waals surface area contributed by atoms with Crippen LogP contribution in [-0.4, -0.2) is 38.8 Å². The molecule has 1 atom stereocenters. The van der Waals surface area contributed by atoms with Crippen LogP contribution >= 0.6 is 0 Å². The molecule has 0 bridgehead atoms. The summed E-state index contributed by atoms with van der Waals surface area (Å²) >= 11 is 0. The second-order valence-electron chi connectivity index (χ2n) is 7.50. The molecule has 0 unspecified atom stereocenters. The van der Waals surface area contributed by atoms with Crippen LogP contribution in [0.3, 0.4) is 0 Å². The normalized spacial score (nSPS) is 12.1. The smallest absolute Gasteiger partial charge is 0.178 e. The molecule has 4 aromatic rings. The molecule has 0 saturated carbocycles. The van der Waals surface area contributed by atoms with Gasteiger partial charge in [-0.15, -0.1) is 5.10 Å². The van der Waals surface area contributed by atoms with E-state index in [4.69, 9.17) is 4.74 Å². The highest BCUT2D eigenvalue weighted by Gasteiger charge is 2.27. The first-order valence-corrected chi connectivity index (χ1v) is 10.5. The van der Waals surface area contributed by atoms with E-state index in [0.29, 0.717) is 13.2 Å². The summed E-state index contributed by atoms with van der Waals surface area (Å²) in [6.07, 6.45) is 0. The molecule has 31 heavy (non-hydrogen) atoms. The number of ether oxygens (including phenoxy) is 1. The summed E-state index contributed by atoms with van der Waals surface area (Å²) in [5.41, 5.74) is 4.35. The maximum Gasteiger partial charge on any atom is 0.178 e. The van der Waals surface area contributed by atoms with Crippen molar-refractivity contribution < 1.29 is 4.74 Å². The SMILES string of the molecule is CCOc1ccccc1CN(C)[C@@H](c1ccccc1)c1nnnn1-c1ccccc1C. The third kappa shape index (κ3) is 4.49. The second-order valence-corrected chi connectivity index (χ2v) is 7.50. The van der Waals surface area contributed by atoms with Gasteiger partial charge < -0.3 is 4.74 Å². The summed E-state index contributed by atoms with van der Waals surface area (Å²) in [6, 6.07) is 26.5. The number of aryl methyl sites for hydroxylation is 1. The first kappa shape index (κ1) is 20.8. The van der Waals surface area contributed by atoms with Gasteiger partial charge in [-0.25, -0.2) is 0 Å². The average Bonchev–Trinajstić information content (AvgIpc) is 3.25. The summed E-state index contributed by atoms with van der Waals surface area (Å²) in [4.78, 5) is 2.26. The van der Waals surface area contributed by atoms with Crippen molar-refractivity contribution in [1.82, 2.24) is 25.1 Å². The molecule has 6 heteroatoms. The van der Waals surface area contributed by atoms with Crippen molar-refractivity contribution in [3.63, 3.8) is 0 Å². The molecular formula is C25H27N5O. The molecule has 158 valence electrons. The van der Waals surface area contributed by atoms with Crippen molar-refractivity contribution >= 4 is 0 Å². The van der Waals surface area contributed by atoms with Gasteiger partial charge in [0.1, 0.15) is 5.75 Å². The summed E-state index contributed by atoms with van der Waals surface area (Å²) in [7, 11) is 2.09. The Balaban J connectivity index is 1.76. The highest BCUT2D eigenvalue weighted by atomic mass is 16.5. The Morgan fingerprint density at radius 1 is 0.935 bits per heavy atom. The van der Waals surface area contributed by atoms with E-state index in [-0.39, 0.29) is 6.04 Å². The van der Waals surface area contributed by atoms with Gasteiger partial charge in [0.05, 0.1) is 18.3 Å². The van der Waals surface area contributed by atoms with E-state index in [9.17, 15) is 0 Å². The van der Waals surface area contributed by atoms with Gasteiger partial charge in [0.2, 0.25) is 0 Å². The van der Waals surface area contributed by atoms with E-state index in [1.54, 1.807) is 0 Å². The third-order valence-corrected chi connectivity index (χ3v) is 5.33. The van der Waals surface area contributed by atoms with Crippen molar-refractivity contribution in [2.24, 2.45) is 0 Å². The first-order chi connectivity index (χ1) is 15.2. The highest BCUT2D eigenvalue weighted by molar-refractivity contribution is 5.41. The van der Waals surface area contributed by atoms with Gasteiger partial charge in [-0.05, 0) is 54.6 Å². The Bertz CT molecular complexity index is 1130. The number of para-hydroxylation sites is 2. The summed E-state index contributed by atoms with van der Waals surface area (Å²) < 4.78 is 7.70. The molecule has 0 aliphatic rings. The molecule has 1 aromatic heterocycles. The molecule has 0 N–H and O–H groups in total. The van der Waals surface area contributed by atoms with Crippen LogP contribution < -0.4 is 4.74 Å². The molecule has 4 rings (SSSR count). The second kappa shape index (κ2) is 9.53. The largest absolute Gasteiger partial charge is 0.494 e. The zero-order valence-electron chi connectivity index (χ0n) is 18.1. The average molecular weight is 414 g/mol. The molecule has 0 fully saturated rings. The van der Waals surface area contributed by atoms with Crippen LogP contribution in [-0.2, 0) is 6.54 Å². The number of benzene rings is 3. The minimum Gasteiger partial charge on any atom is -0.494 e. The lowest BCUT2D eigenvalue weighted by atomic mass is 10.0. The van der Waals surface area contributed by atoms with Gasteiger partial charge in [-0.2, -0.15) is 4.68 Å². The van der Waals surface area contributed by atoms with E-state index in [1.165, 1.54) is 0 Å². The monoisotopic (exact) mass is 413 g/mol. The molecule has 0 spiro atoms. The fourth-order valence-electron chi connectivity index (χ4n) is 3.86. The Hall–Kier alpha value is -3.51. The third-order valence-electron chi connectivity index (χ3n) is 5.33. The molecule has 0 aliphatic heterocycles. The van der Waals surface area contributed by atoms with E-state index in [2.05, 4.69) is 58.7 Å². The Morgan fingerprint density at radius 3 is 2.42 bits per heavy atom. The fourth-order valence-corrected chi connectivity index (χ4v) is 3.86. The Kier molecular flexibility index (Phi) is 6.38. The minimum absolute atomic E-state index is 0.134. The predicted octanol–water partition coefficient (Wildman–Crippen LogP) is 4.59. The van der Waals surface area contributed by atoms with Crippen LogP contribution in [0.1, 0.15) is 35.5 Å². The molecule has 0 amide bonds. The van der Waals surface area contributed by atoms with Crippen LogP contribution in [0, 0.1) is 6.92 Å². The number of tetrazole rings is 1. The highest BCUT2D eigenvalue weighted by Crippen LogP contribution is 2.30. The molecule has 0 aliphatic carbocycles. The fraction of sp³-hybridized carbons (Fsp3) is 0.240. The standard InChI is InChI=1S/C25H27N5O/c1-4-31-23-17-11-9-15-21(23)18-29(3)24(20-13-6-5-7-14-20)25-26-27-28-30(25)22-16-10-8-12-19(22)2/h5-17,24H,4,18H2,1-3H3/t24-/m0/s1. The lowest BCUT2D eigenvalue weighted by Crippen LogP contribution is -2.28. The molecular weight excluding hydrogens is 386 g/mol. The van der Waals surface area contributed by atoms with Crippen molar-refractivity contribution in [1.29, 1.82) is 0 Å². The van der Waals surface area contributed by atoms with Gasteiger partial charge in [0, 0.05) is 12.1 Å². The minimum atomic E-state index is -0.134. The molecule has 0 saturated heterocycles. The maximum atomic E-state index is 5.85. The first-order valence-electron chi connectivity index (χ1n) is 10.5. The lowest BCUT2D eigenvalue weighted by molar-refractivity contribution is 0.251. The number of aromatic nitrogens is 4. The Morgan fingerprint density at radius 2 is 1.65 bits per heavy atom. The van der Waals surface area contributed by atoms with Gasteiger partial charge in [0.15, 0.2) is 5.82 Å². The van der Waals surface area contributed by atoms with Crippen LogP contribution in [0.2, 0.25) is 0 Å². The number of nitrogens with zero attached hydrogens (tertiary/aromatic N) is 5. The molecule has 0 radical (unpaired) electrons. The van der Waals surface area contributed by atoms with Crippen LogP contribution in [0.25, 0.3) is 5.69 Å². The summed E-state index contributed by atoms with van der Waals surface area (Å²) in [5.74, 6) is 1.68. The maximum absolute atomic E-state index is 5.85. The number of hydrogen-bond acceptors (Lipinski definition) is 5. The quantitative estimate of drug-likeness (QED) is 0.423. The van der Waals surface area contributed by atoms with Crippen molar-refractivity contribution in [3.05, 3.63) is 101 Å². The predicted molar refractivity (Wildman–Crippen MR) is 121 cm³/mol. The van der Waals surface area contributed by atoms with Gasteiger partial charge in [-0.3, -0.25) is 4.90 Å². The van der Waals surface area contributed by atoms with Crippen LogP contribution in [0.15, 0.2) is 78.9 Å².